The summed E-state index contributed by atoms with van der Waals surface area (Å²) in [5.74, 6) is 1.84. The smallest absolute Gasteiger partial charge is 0.122 e. The Hall–Kier alpha value is -0.670. The van der Waals surface area contributed by atoms with Gasteiger partial charge in [-0.2, -0.15) is 12.6 Å². The second-order valence-electron chi connectivity index (χ2n) is 5.42. The molecule has 0 radical (unpaired) electrons. The molecule has 0 atom stereocenters. The van der Waals surface area contributed by atoms with E-state index in [-0.39, 0.29) is 5.41 Å². The molecule has 1 aromatic carbocycles. The third-order valence-electron chi connectivity index (χ3n) is 3.33. The first kappa shape index (κ1) is 15.4. The van der Waals surface area contributed by atoms with Crippen molar-refractivity contribution in [2.24, 2.45) is 0 Å². The second kappa shape index (κ2) is 6.48. The van der Waals surface area contributed by atoms with Gasteiger partial charge in [-0.05, 0) is 36.6 Å². The molecule has 0 spiro atoms. The molecule has 0 aromatic heterocycles. The van der Waals surface area contributed by atoms with Crippen molar-refractivity contribution in [1.29, 1.82) is 0 Å². The highest BCUT2D eigenvalue weighted by Crippen LogP contribution is 2.31. The zero-order chi connectivity index (χ0) is 13.8. The van der Waals surface area contributed by atoms with E-state index >= 15 is 0 Å². The normalized spacial score (nSPS) is 11.7. The van der Waals surface area contributed by atoms with E-state index in [1.807, 2.05) is 0 Å². The molecule has 18 heavy (non-hydrogen) atoms. The number of benzene rings is 1. The van der Waals surface area contributed by atoms with Gasteiger partial charge in [-0.25, -0.2) is 0 Å². The van der Waals surface area contributed by atoms with Crippen molar-refractivity contribution < 1.29 is 4.74 Å². The summed E-state index contributed by atoms with van der Waals surface area (Å²) in [6, 6.07) is 4.38. The number of nitrogens with one attached hydrogen (secondary N) is 1. The summed E-state index contributed by atoms with van der Waals surface area (Å²) in [5, 5.41) is 3.44. The number of rotatable bonds is 6. The van der Waals surface area contributed by atoms with Gasteiger partial charge in [-0.1, -0.05) is 19.9 Å². The van der Waals surface area contributed by atoms with Crippen LogP contribution >= 0.6 is 12.6 Å². The first-order valence-electron chi connectivity index (χ1n) is 6.39. The molecule has 2 nitrogen and oxygen atoms in total. The summed E-state index contributed by atoms with van der Waals surface area (Å²) >= 11 is 4.22. The molecule has 0 bridgehead atoms. The van der Waals surface area contributed by atoms with Gasteiger partial charge >= 0.3 is 0 Å². The van der Waals surface area contributed by atoms with E-state index in [1.165, 1.54) is 16.7 Å². The van der Waals surface area contributed by atoms with E-state index in [1.54, 1.807) is 7.11 Å². The fraction of sp³-hybridized carbons (Fsp3) is 0.600. The summed E-state index contributed by atoms with van der Waals surface area (Å²) in [4.78, 5) is 0. The monoisotopic (exact) mass is 267 g/mol. The zero-order valence-electron chi connectivity index (χ0n) is 12.1. The van der Waals surface area contributed by atoms with Crippen LogP contribution in [0.2, 0.25) is 0 Å². The SMILES string of the molecule is COc1cc(C)c(C(C)(C)CNCCS)cc1C. The quantitative estimate of drug-likeness (QED) is 0.610. The van der Waals surface area contributed by atoms with Gasteiger partial charge in [0.1, 0.15) is 5.75 Å². The van der Waals surface area contributed by atoms with Crippen LogP contribution in [-0.4, -0.2) is 26.0 Å². The molecule has 0 saturated carbocycles. The predicted octanol–water partition coefficient (Wildman–Crippen LogP) is 3.11. The highest BCUT2D eigenvalue weighted by molar-refractivity contribution is 7.80. The van der Waals surface area contributed by atoms with E-state index in [0.717, 1.165) is 24.6 Å². The highest BCUT2D eigenvalue weighted by Gasteiger charge is 2.23. The molecule has 1 N–H and O–H groups in total. The van der Waals surface area contributed by atoms with E-state index in [2.05, 4.69) is 57.8 Å². The Morgan fingerprint density at radius 3 is 2.44 bits per heavy atom. The molecule has 0 heterocycles. The van der Waals surface area contributed by atoms with Crippen molar-refractivity contribution in [3.05, 3.63) is 28.8 Å². The maximum Gasteiger partial charge on any atom is 0.122 e. The standard InChI is InChI=1S/C15H25NOS/c1-11-9-14(17-5)12(2)8-13(11)15(3,4)10-16-6-7-18/h8-9,16,18H,6-7,10H2,1-5H3. The van der Waals surface area contributed by atoms with Gasteiger partial charge < -0.3 is 10.1 Å². The van der Waals surface area contributed by atoms with Crippen molar-refractivity contribution in [3.8, 4) is 5.75 Å². The minimum Gasteiger partial charge on any atom is -0.496 e. The molecule has 0 fully saturated rings. The van der Waals surface area contributed by atoms with Crippen molar-refractivity contribution in [3.63, 3.8) is 0 Å². The Morgan fingerprint density at radius 2 is 1.89 bits per heavy atom. The average molecular weight is 267 g/mol. The molecular formula is C15H25NOS. The van der Waals surface area contributed by atoms with Crippen LogP contribution in [0.1, 0.15) is 30.5 Å². The van der Waals surface area contributed by atoms with Crippen LogP contribution in [0.15, 0.2) is 12.1 Å². The first-order valence-corrected chi connectivity index (χ1v) is 7.03. The van der Waals surface area contributed by atoms with Gasteiger partial charge in [0.15, 0.2) is 0 Å². The van der Waals surface area contributed by atoms with Crippen LogP contribution in [0.5, 0.6) is 5.75 Å². The van der Waals surface area contributed by atoms with Crippen LogP contribution in [0, 0.1) is 13.8 Å². The largest absolute Gasteiger partial charge is 0.496 e. The minimum absolute atomic E-state index is 0.115. The van der Waals surface area contributed by atoms with E-state index in [9.17, 15) is 0 Å². The van der Waals surface area contributed by atoms with Crippen molar-refractivity contribution in [2.75, 3.05) is 26.0 Å². The molecule has 0 aliphatic carbocycles. The summed E-state index contributed by atoms with van der Waals surface area (Å²) in [6.07, 6.45) is 0. The van der Waals surface area contributed by atoms with E-state index in [4.69, 9.17) is 4.74 Å². The summed E-state index contributed by atoms with van der Waals surface area (Å²) < 4.78 is 5.37. The number of aryl methyl sites for hydroxylation is 2. The fourth-order valence-electron chi connectivity index (χ4n) is 2.31. The fourth-order valence-corrected chi connectivity index (χ4v) is 2.47. The van der Waals surface area contributed by atoms with Crippen molar-refractivity contribution in [2.45, 2.75) is 33.1 Å². The Kier molecular flexibility index (Phi) is 5.54. The first-order chi connectivity index (χ1) is 8.42. The Bertz CT molecular complexity index is 402. The van der Waals surface area contributed by atoms with Gasteiger partial charge in [0, 0.05) is 24.3 Å². The average Bonchev–Trinajstić information content (AvgIpc) is 2.31. The molecule has 0 unspecified atom stereocenters. The number of hydrogen-bond donors (Lipinski definition) is 2. The molecule has 1 rings (SSSR count). The van der Waals surface area contributed by atoms with Crippen LogP contribution in [-0.2, 0) is 5.41 Å². The minimum atomic E-state index is 0.115. The lowest BCUT2D eigenvalue weighted by Crippen LogP contribution is -2.34. The van der Waals surface area contributed by atoms with Crippen LogP contribution in [0.3, 0.4) is 0 Å². The molecule has 0 saturated heterocycles. The Balaban J connectivity index is 2.97. The third kappa shape index (κ3) is 3.66. The maximum absolute atomic E-state index is 5.37. The molecule has 0 amide bonds. The predicted molar refractivity (Wildman–Crippen MR) is 82.2 cm³/mol. The Morgan fingerprint density at radius 1 is 1.22 bits per heavy atom. The second-order valence-corrected chi connectivity index (χ2v) is 5.87. The highest BCUT2D eigenvalue weighted by atomic mass is 32.1. The van der Waals surface area contributed by atoms with E-state index in [0.29, 0.717) is 0 Å². The Labute approximate surface area is 117 Å². The van der Waals surface area contributed by atoms with Gasteiger partial charge in [-0.3, -0.25) is 0 Å². The van der Waals surface area contributed by atoms with Crippen LogP contribution < -0.4 is 10.1 Å². The summed E-state index contributed by atoms with van der Waals surface area (Å²) in [6.45, 7) is 10.7. The molecule has 0 aliphatic heterocycles. The maximum atomic E-state index is 5.37. The molecular weight excluding hydrogens is 242 g/mol. The summed E-state index contributed by atoms with van der Waals surface area (Å²) in [5.41, 5.74) is 3.98. The number of ether oxygens (including phenoxy) is 1. The van der Waals surface area contributed by atoms with Crippen LogP contribution in [0.25, 0.3) is 0 Å². The topological polar surface area (TPSA) is 21.3 Å². The van der Waals surface area contributed by atoms with Gasteiger partial charge in [0.25, 0.3) is 0 Å². The number of hydrogen-bond acceptors (Lipinski definition) is 3. The van der Waals surface area contributed by atoms with Gasteiger partial charge in [0.2, 0.25) is 0 Å². The lowest BCUT2D eigenvalue weighted by molar-refractivity contribution is 0.409. The molecule has 3 heteroatoms. The summed E-state index contributed by atoms with van der Waals surface area (Å²) in [7, 11) is 1.72. The molecule has 102 valence electrons. The lowest BCUT2D eigenvalue weighted by atomic mass is 9.81. The van der Waals surface area contributed by atoms with Gasteiger partial charge in [0.05, 0.1) is 7.11 Å². The zero-order valence-corrected chi connectivity index (χ0v) is 13.0. The number of thiol groups is 1. The molecule has 1 aromatic rings. The number of methoxy groups -OCH3 is 1. The van der Waals surface area contributed by atoms with Crippen molar-refractivity contribution in [1.82, 2.24) is 5.32 Å². The van der Waals surface area contributed by atoms with Crippen molar-refractivity contribution >= 4 is 12.6 Å². The van der Waals surface area contributed by atoms with Crippen LogP contribution in [0.4, 0.5) is 0 Å². The lowest BCUT2D eigenvalue weighted by Gasteiger charge is -2.28. The van der Waals surface area contributed by atoms with Gasteiger partial charge in [-0.15, -0.1) is 0 Å². The third-order valence-corrected chi connectivity index (χ3v) is 3.55. The molecule has 0 aliphatic rings. The van der Waals surface area contributed by atoms with E-state index < -0.39 is 0 Å².